The maximum atomic E-state index is 2.43. The van der Waals surface area contributed by atoms with E-state index in [4.69, 9.17) is 0 Å². The summed E-state index contributed by atoms with van der Waals surface area (Å²) in [5.74, 6) is 0. The average Bonchev–Trinajstić information content (AvgIpc) is 2.24. The van der Waals surface area contributed by atoms with Gasteiger partial charge < -0.3 is 9.80 Å². The average molecular weight is 172 g/mol. The van der Waals surface area contributed by atoms with Crippen molar-refractivity contribution in [2.75, 3.05) is 33.7 Å². The highest BCUT2D eigenvalue weighted by atomic mass is 15.2. The van der Waals surface area contributed by atoms with Gasteiger partial charge in [0.1, 0.15) is 0 Å². The van der Waals surface area contributed by atoms with Crippen LogP contribution in [0.3, 0.4) is 0 Å². The summed E-state index contributed by atoms with van der Waals surface area (Å²) in [6.45, 7) is 10.0. The predicted octanol–water partition coefficient (Wildman–Crippen LogP) is 1.67. The lowest BCUT2D eigenvalue weighted by Crippen LogP contribution is -2.30. The van der Waals surface area contributed by atoms with Crippen LogP contribution < -0.4 is 0 Å². The van der Waals surface area contributed by atoms with Gasteiger partial charge in [-0.1, -0.05) is 13.8 Å². The highest BCUT2D eigenvalue weighted by molar-refractivity contribution is 4.70. The first kappa shape index (κ1) is 11.9. The van der Waals surface area contributed by atoms with E-state index in [0.717, 1.165) is 6.04 Å². The number of likely N-dealkylation sites (N-methyl/N-ethyl adjacent to an activating group) is 2. The molecule has 0 aromatic rings. The molecule has 0 amide bonds. The first-order chi connectivity index (χ1) is 5.70. The Labute approximate surface area is 77.5 Å². The molecule has 0 spiro atoms. The van der Waals surface area contributed by atoms with Crippen LogP contribution in [0.1, 0.15) is 27.2 Å². The van der Waals surface area contributed by atoms with Crippen molar-refractivity contribution >= 4 is 0 Å². The molecule has 1 aliphatic rings. The van der Waals surface area contributed by atoms with Crippen molar-refractivity contribution in [3.63, 3.8) is 0 Å². The molecule has 1 fully saturated rings. The van der Waals surface area contributed by atoms with Crippen molar-refractivity contribution in [1.82, 2.24) is 9.80 Å². The Morgan fingerprint density at radius 1 is 1.00 bits per heavy atom. The summed E-state index contributed by atoms with van der Waals surface area (Å²) in [5, 5.41) is 0. The Kier molecular flexibility index (Phi) is 6.39. The first-order valence-corrected chi connectivity index (χ1v) is 5.09. The number of nitrogens with zero attached hydrogens (tertiary/aromatic N) is 2. The van der Waals surface area contributed by atoms with Gasteiger partial charge in [0.05, 0.1) is 0 Å². The minimum Gasteiger partial charge on any atom is -0.305 e. The topological polar surface area (TPSA) is 6.48 Å². The maximum absolute atomic E-state index is 2.43. The Morgan fingerprint density at radius 2 is 1.58 bits per heavy atom. The van der Waals surface area contributed by atoms with E-state index in [1.807, 2.05) is 13.8 Å². The second-order valence-electron chi connectivity index (χ2n) is 3.42. The van der Waals surface area contributed by atoms with Gasteiger partial charge in [-0.3, -0.25) is 0 Å². The van der Waals surface area contributed by atoms with Crippen LogP contribution in [0.15, 0.2) is 0 Å². The Bertz CT molecular complexity index is 92.0. The van der Waals surface area contributed by atoms with Gasteiger partial charge in [0.15, 0.2) is 0 Å². The Hall–Kier alpha value is -0.0800. The molecule has 0 aromatic heterocycles. The summed E-state index contributed by atoms with van der Waals surface area (Å²) in [5.41, 5.74) is 0. The molecule has 0 radical (unpaired) electrons. The molecule has 0 aromatic carbocycles. The third-order valence-electron chi connectivity index (χ3n) is 2.52. The van der Waals surface area contributed by atoms with E-state index in [2.05, 4.69) is 30.8 Å². The normalized spacial score (nSPS) is 27.2. The molecule has 74 valence electrons. The largest absolute Gasteiger partial charge is 0.305 e. The van der Waals surface area contributed by atoms with E-state index in [9.17, 15) is 0 Å². The molecule has 1 heterocycles. The van der Waals surface area contributed by atoms with Crippen LogP contribution in [-0.2, 0) is 0 Å². The van der Waals surface area contributed by atoms with Gasteiger partial charge in [-0.2, -0.15) is 0 Å². The number of hydrogen-bond donors (Lipinski definition) is 0. The minimum absolute atomic E-state index is 0.768. The van der Waals surface area contributed by atoms with Gasteiger partial charge in [0.2, 0.25) is 0 Å². The molecule has 0 unspecified atom stereocenters. The van der Waals surface area contributed by atoms with Gasteiger partial charge in [-0.25, -0.2) is 0 Å². The zero-order valence-corrected chi connectivity index (χ0v) is 9.30. The monoisotopic (exact) mass is 172 g/mol. The molecule has 12 heavy (non-hydrogen) atoms. The van der Waals surface area contributed by atoms with Crippen LogP contribution in [0.25, 0.3) is 0 Å². The fourth-order valence-electron chi connectivity index (χ4n) is 1.29. The third kappa shape index (κ3) is 4.07. The second kappa shape index (κ2) is 6.44. The van der Waals surface area contributed by atoms with E-state index in [-0.39, 0.29) is 0 Å². The van der Waals surface area contributed by atoms with Gasteiger partial charge >= 0.3 is 0 Å². The van der Waals surface area contributed by atoms with Crippen LogP contribution in [-0.4, -0.2) is 49.6 Å². The zero-order valence-electron chi connectivity index (χ0n) is 9.30. The van der Waals surface area contributed by atoms with Gasteiger partial charge in [-0.15, -0.1) is 0 Å². The van der Waals surface area contributed by atoms with Crippen LogP contribution in [0.4, 0.5) is 0 Å². The lowest BCUT2D eigenvalue weighted by atomic mass is 10.2. The van der Waals surface area contributed by atoms with Crippen molar-refractivity contribution in [3.05, 3.63) is 0 Å². The molecule has 1 atom stereocenters. The van der Waals surface area contributed by atoms with Crippen molar-refractivity contribution in [1.29, 1.82) is 0 Å². The molecule has 0 bridgehead atoms. The summed E-state index contributed by atoms with van der Waals surface area (Å²) in [6, 6.07) is 0.768. The quantitative estimate of drug-likeness (QED) is 0.548. The highest BCUT2D eigenvalue weighted by Crippen LogP contribution is 2.05. The summed E-state index contributed by atoms with van der Waals surface area (Å²) < 4.78 is 0. The maximum Gasteiger partial charge on any atom is 0.0109 e. The number of hydrogen-bond acceptors (Lipinski definition) is 2. The summed E-state index contributed by atoms with van der Waals surface area (Å²) in [6.07, 6.45) is 1.31. The summed E-state index contributed by atoms with van der Waals surface area (Å²) in [7, 11) is 4.41. The van der Waals surface area contributed by atoms with Crippen LogP contribution in [0, 0.1) is 0 Å². The standard InChI is InChI=1S/C8H18N2.C2H6/c1-8-4-5-9(2)6-7-10(8)3;1-2/h8H,4-7H2,1-3H3;1-2H3/t8-;/m0./s1. The van der Waals surface area contributed by atoms with Crippen molar-refractivity contribution in [2.24, 2.45) is 0 Å². The van der Waals surface area contributed by atoms with E-state index in [1.165, 1.54) is 26.1 Å². The fraction of sp³-hybridized carbons (Fsp3) is 1.00. The van der Waals surface area contributed by atoms with E-state index in [0.29, 0.717) is 0 Å². The molecule has 0 saturated carbocycles. The highest BCUT2D eigenvalue weighted by Gasteiger charge is 2.14. The van der Waals surface area contributed by atoms with Gasteiger partial charge in [0, 0.05) is 19.1 Å². The number of rotatable bonds is 0. The molecule has 1 aliphatic heterocycles. The van der Waals surface area contributed by atoms with Crippen LogP contribution >= 0.6 is 0 Å². The van der Waals surface area contributed by atoms with Crippen molar-refractivity contribution in [2.45, 2.75) is 33.2 Å². The molecular formula is C10H24N2. The van der Waals surface area contributed by atoms with E-state index < -0.39 is 0 Å². The van der Waals surface area contributed by atoms with Gasteiger partial charge in [0.25, 0.3) is 0 Å². The summed E-state index contributed by atoms with van der Waals surface area (Å²) >= 11 is 0. The molecule has 1 saturated heterocycles. The predicted molar refractivity (Wildman–Crippen MR) is 55.6 cm³/mol. The molecule has 0 aliphatic carbocycles. The van der Waals surface area contributed by atoms with E-state index >= 15 is 0 Å². The lowest BCUT2D eigenvalue weighted by Gasteiger charge is -2.20. The Balaban J connectivity index is 0.000000561. The fourth-order valence-corrected chi connectivity index (χ4v) is 1.29. The smallest absolute Gasteiger partial charge is 0.0109 e. The van der Waals surface area contributed by atoms with Crippen molar-refractivity contribution in [3.8, 4) is 0 Å². The minimum atomic E-state index is 0.768. The molecule has 0 N–H and O–H groups in total. The van der Waals surface area contributed by atoms with Crippen molar-refractivity contribution < 1.29 is 0 Å². The SMILES string of the molecule is CC.C[C@H]1CCN(C)CCN1C. The van der Waals surface area contributed by atoms with Gasteiger partial charge in [-0.05, 0) is 34.0 Å². The third-order valence-corrected chi connectivity index (χ3v) is 2.52. The second-order valence-corrected chi connectivity index (χ2v) is 3.42. The lowest BCUT2D eigenvalue weighted by molar-refractivity contribution is 0.267. The molecule has 1 rings (SSSR count). The summed E-state index contributed by atoms with van der Waals surface area (Å²) in [4.78, 5) is 4.84. The zero-order chi connectivity index (χ0) is 9.56. The molecule has 2 nitrogen and oxygen atoms in total. The van der Waals surface area contributed by atoms with E-state index in [1.54, 1.807) is 0 Å². The van der Waals surface area contributed by atoms with Crippen LogP contribution in [0.5, 0.6) is 0 Å². The Morgan fingerprint density at radius 3 is 2.17 bits per heavy atom. The first-order valence-electron chi connectivity index (χ1n) is 5.09. The molecular weight excluding hydrogens is 148 g/mol. The molecule has 2 heteroatoms. The van der Waals surface area contributed by atoms with Crippen LogP contribution in [0.2, 0.25) is 0 Å².